The highest BCUT2D eigenvalue weighted by molar-refractivity contribution is 4.75. The molecular formula is C10H20N4. The summed E-state index contributed by atoms with van der Waals surface area (Å²) in [6.45, 7) is 11.5. The Hall–Kier alpha value is -0.420. The molecule has 2 fully saturated rings. The van der Waals surface area contributed by atoms with Crippen LogP contribution in [0.15, 0.2) is 12.7 Å². The van der Waals surface area contributed by atoms with Crippen LogP contribution in [0.5, 0.6) is 0 Å². The molecule has 0 radical (unpaired) electrons. The maximum Gasteiger partial charge on any atom is 0.0542 e. The molecular weight excluding hydrogens is 176 g/mol. The fourth-order valence-corrected chi connectivity index (χ4v) is 2.21. The Bertz CT molecular complexity index is 183. The van der Waals surface area contributed by atoms with Crippen LogP contribution in [0.4, 0.5) is 0 Å². The van der Waals surface area contributed by atoms with Crippen molar-refractivity contribution in [1.82, 2.24) is 20.0 Å². The standard InChI is InChI=1S/C10H20N4/c1-2-4-11-7-14-9-12-5-3-6-13(8-12)10-14/h2,11H,1,3-10H2. The van der Waals surface area contributed by atoms with Crippen LogP contribution in [-0.4, -0.2) is 61.0 Å². The number of fused-ring (bicyclic) bond motifs is 2. The third-order valence-electron chi connectivity index (χ3n) is 2.77. The summed E-state index contributed by atoms with van der Waals surface area (Å²) in [5, 5.41) is 3.35. The van der Waals surface area contributed by atoms with Crippen LogP contribution < -0.4 is 5.32 Å². The van der Waals surface area contributed by atoms with Crippen molar-refractivity contribution in [2.75, 3.05) is 46.3 Å². The molecule has 14 heavy (non-hydrogen) atoms. The van der Waals surface area contributed by atoms with Crippen LogP contribution in [-0.2, 0) is 0 Å². The Labute approximate surface area is 86.2 Å². The largest absolute Gasteiger partial charge is 0.301 e. The summed E-state index contributed by atoms with van der Waals surface area (Å²) >= 11 is 0. The highest BCUT2D eigenvalue weighted by Gasteiger charge is 2.25. The van der Waals surface area contributed by atoms with Crippen LogP contribution >= 0.6 is 0 Å². The summed E-state index contributed by atoms with van der Waals surface area (Å²) in [6.07, 6.45) is 3.24. The molecule has 2 bridgehead atoms. The molecule has 0 saturated carbocycles. The smallest absolute Gasteiger partial charge is 0.0542 e. The zero-order chi connectivity index (χ0) is 9.80. The lowest BCUT2D eigenvalue weighted by atomic mass is 10.3. The Morgan fingerprint density at radius 2 is 1.86 bits per heavy atom. The molecule has 2 heterocycles. The van der Waals surface area contributed by atoms with Gasteiger partial charge in [0, 0.05) is 19.6 Å². The van der Waals surface area contributed by atoms with Crippen molar-refractivity contribution in [2.24, 2.45) is 0 Å². The van der Waals surface area contributed by atoms with Gasteiger partial charge in [-0.25, -0.2) is 0 Å². The normalized spacial score (nSPS) is 32.9. The van der Waals surface area contributed by atoms with Gasteiger partial charge < -0.3 is 5.32 Å². The van der Waals surface area contributed by atoms with Gasteiger partial charge in [-0.3, -0.25) is 14.7 Å². The summed E-state index contributed by atoms with van der Waals surface area (Å²) < 4.78 is 0. The quantitative estimate of drug-likeness (QED) is 0.501. The van der Waals surface area contributed by atoms with E-state index in [1.807, 2.05) is 6.08 Å². The minimum Gasteiger partial charge on any atom is -0.301 e. The molecule has 2 rings (SSSR count). The van der Waals surface area contributed by atoms with Crippen molar-refractivity contribution in [1.29, 1.82) is 0 Å². The maximum atomic E-state index is 3.70. The van der Waals surface area contributed by atoms with Crippen molar-refractivity contribution in [3.8, 4) is 0 Å². The van der Waals surface area contributed by atoms with Gasteiger partial charge in [-0.05, 0) is 6.42 Å². The second-order valence-corrected chi connectivity index (χ2v) is 4.14. The first-order valence-corrected chi connectivity index (χ1v) is 5.37. The Balaban J connectivity index is 1.74. The van der Waals surface area contributed by atoms with E-state index in [9.17, 15) is 0 Å². The molecule has 2 atom stereocenters. The zero-order valence-corrected chi connectivity index (χ0v) is 8.78. The highest BCUT2D eigenvalue weighted by Crippen LogP contribution is 2.12. The summed E-state index contributed by atoms with van der Waals surface area (Å²) in [4.78, 5) is 7.44. The summed E-state index contributed by atoms with van der Waals surface area (Å²) in [7, 11) is 0. The molecule has 0 spiro atoms. The van der Waals surface area contributed by atoms with Gasteiger partial charge >= 0.3 is 0 Å². The zero-order valence-electron chi connectivity index (χ0n) is 8.78. The summed E-state index contributed by atoms with van der Waals surface area (Å²) in [5.41, 5.74) is 0. The number of hydrogen-bond donors (Lipinski definition) is 1. The maximum absolute atomic E-state index is 3.70. The molecule has 0 amide bonds. The second kappa shape index (κ2) is 4.89. The molecule has 0 aliphatic carbocycles. The van der Waals surface area contributed by atoms with Gasteiger partial charge in [0.1, 0.15) is 0 Å². The summed E-state index contributed by atoms with van der Waals surface area (Å²) in [5.74, 6) is 0. The van der Waals surface area contributed by atoms with Crippen molar-refractivity contribution < 1.29 is 0 Å². The van der Waals surface area contributed by atoms with Gasteiger partial charge in [0.2, 0.25) is 0 Å². The van der Waals surface area contributed by atoms with Crippen LogP contribution in [0.25, 0.3) is 0 Å². The molecule has 2 aliphatic heterocycles. The highest BCUT2D eigenvalue weighted by atomic mass is 15.5. The molecule has 4 nitrogen and oxygen atoms in total. The molecule has 0 aromatic heterocycles. The van der Waals surface area contributed by atoms with E-state index in [2.05, 4.69) is 26.6 Å². The van der Waals surface area contributed by atoms with E-state index in [1.54, 1.807) is 0 Å². The fraction of sp³-hybridized carbons (Fsp3) is 0.800. The van der Waals surface area contributed by atoms with Crippen molar-refractivity contribution in [3.05, 3.63) is 12.7 Å². The topological polar surface area (TPSA) is 21.8 Å². The van der Waals surface area contributed by atoms with E-state index < -0.39 is 0 Å². The van der Waals surface area contributed by atoms with Crippen LogP contribution in [0, 0.1) is 0 Å². The third kappa shape index (κ3) is 2.54. The minimum atomic E-state index is 0.899. The molecule has 2 unspecified atom stereocenters. The number of nitrogens with zero attached hydrogens (tertiary/aromatic N) is 3. The molecule has 0 aromatic carbocycles. The van der Waals surface area contributed by atoms with E-state index in [4.69, 9.17) is 0 Å². The Morgan fingerprint density at radius 3 is 2.50 bits per heavy atom. The molecule has 2 aliphatic rings. The third-order valence-corrected chi connectivity index (χ3v) is 2.77. The molecule has 80 valence electrons. The van der Waals surface area contributed by atoms with E-state index in [-0.39, 0.29) is 0 Å². The SMILES string of the molecule is C=CCNCN1CN2CCCN(C2)C1. The van der Waals surface area contributed by atoms with Crippen LogP contribution in [0.3, 0.4) is 0 Å². The lowest BCUT2D eigenvalue weighted by Gasteiger charge is -2.45. The van der Waals surface area contributed by atoms with Crippen molar-refractivity contribution >= 4 is 0 Å². The first-order valence-electron chi connectivity index (χ1n) is 5.37. The summed E-state index contributed by atoms with van der Waals surface area (Å²) in [6, 6.07) is 0. The fourth-order valence-electron chi connectivity index (χ4n) is 2.21. The van der Waals surface area contributed by atoms with E-state index in [0.29, 0.717) is 0 Å². The molecule has 4 heteroatoms. The Kier molecular flexibility index (Phi) is 3.53. The van der Waals surface area contributed by atoms with Gasteiger partial charge in [-0.2, -0.15) is 0 Å². The van der Waals surface area contributed by atoms with E-state index in [1.165, 1.54) is 19.5 Å². The van der Waals surface area contributed by atoms with Crippen LogP contribution in [0.2, 0.25) is 0 Å². The molecule has 0 aromatic rings. The van der Waals surface area contributed by atoms with Gasteiger partial charge in [0.15, 0.2) is 0 Å². The van der Waals surface area contributed by atoms with Gasteiger partial charge in [-0.15, -0.1) is 6.58 Å². The Morgan fingerprint density at radius 1 is 1.14 bits per heavy atom. The molecule has 2 saturated heterocycles. The lowest BCUT2D eigenvalue weighted by molar-refractivity contribution is -0.0578. The van der Waals surface area contributed by atoms with Gasteiger partial charge in [-0.1, -0.05) is 6.08 Å². The number of hydrogen-bond acceptors (Lipinski definition) is 4. The van der Waals surface area contributed by atoms with Gasteiger partial charge in [0.25, 0.3) is 0 Å². The number of rotatable bonds is 4. The second-order valence-electron chi connectivity index (χ2n) is 4.14. The van der Waals surface area contributed by atoms with E-state index in [0.717, 1.165) is 33.2 Å². The van der Waals surface area contributed by atoms with Gasteiger partial charge in [0.05, 0.1) is 26.7 Å². The lowest BCUT2D eigenvalue weighted by Crippen LogP contribution is -2.59. The first kappa shape index (κ1) is 10.1. The monoisotopic (exact) mass is 196 g/mol. The van der Waals surface area contributed by atoms with Crippen LogP contribution in [0.1, 0.15) is 6.42 Å². The first-order chi connectivity index (χ1) is 6.88. The average molecular weight is 196 g/mol. The van der Waals surface area contributed by atoms with Crippen molar-refractivity contribution in [3.63, 3.8) is 0 Å². The predicted molar refractivity (Wildman–Crippen MR) is 57.5 cm³/mol. The van der Waals surface area contributed by atoms with E-state index >= 15 is 0 Å². The minimum absolute atomic E-state index is 0.899. The molecule has 1 N–H and O–H groups in total. The van der Waals surface area contributed by atoms with Crippen molar-refractivity contribution in [2.45, 2.75) is 6.42 Å². The number of nitrogens with one attached hydrogen (secondary N) is 1. The predicted octanol–water partition coefficient (Wildman–Crippen LogP) is -0.0847. The average Bonchev–Trinajstić information content (AvgIpc) is 2.18.